The number of halogens is 1. The van der Waals surface area contributed by atoms with Crippen molar-refractivity contribution < 1.29 is 4.79 Å². The highest BCUT2D eigenvalue weighted by atomic mass is 79.9. The molecule has 0 saturated carbocycles. The Kier molecular flexibility index (Phi) is 6.39. The van der Waals surface area contributed by atoms with Crippen LogP contribution in [0.4, 0.5) is 0 Å². The van der Waals surface area contributed by atoms with E-state index in [9.17, 15) is 4.79 Å². The zero-order valence-corrected chi connectivity index (χ0v) is 14.0. The first kappa shape index (κ1) is 16.2. The molecule has 0 spiro atoms. The number of carbonyl (C=O) groups excluding carboxylic acids is 1. The van der Waals surface area contributed by atoms with Gasteiger partial charge in [0.1, 0.15) is 0 Å². The molecular weight excluding hydrogens is 330 g/mol. The molecule has 21 heavy (non-hydrogen) atoms. The number of hydrogen-bond acceptors (Lipinski definition) is 3. The lowest BCUT2D eigenvalue weighted by Crippen LogP contribution is -2.35. The van der Waals surface area contributed by atoms with Crippen LogP contribution in [-0.2, 0) is 4.79 Å². The molecule has 0 bridgehead atoms. The van der Waals surface area contributed by atoms with Gasteiger partial charge in [0.2, 0.25) is 5.91 Å². The minimum Gasteiger partial charge on any atom is -0.303 e. The average molecular weight is 352 g/mol. The number of nitrogens with zero attached hydrogens (tertiary/aromatic N) is 2. The third-order valence-corrected chi connectivity index (χ3v) is 4.33. The summed E-state index contributed by atoms with van der Waals surface area (Å²) in [7, 11) is 0. The first-order valence-corrected chi connectivity index (χ1v) is 8.22. The zero-order valence-electron chi connectivity index (χ0n) is 12.4. The van der Waals surface area contributed by atoms with Gasteiger partial charge in [-0.05, 0) is 49.5 Å². The van der Waals surface area contributed by atoms with E-state index in [2.05, 4.69) is 38.3 Å². The van der Waals surface area contributed by atoms with Crippen molar-refractivity contribution >= 4 is 28.1 Å². The number of likely N-dealkylation sites (tertiary alicyclic amines) is 1. The Morgan fingerprint density at radius 2 is 2.05 bits per heavy atom. The summed E-state index contributed by atoms with van der Waals surface area (Å²) in [5.74, 6) is 0.799. The van der Waals surface area contributed by atoms with Crippen molar-refractivity contribution in [3.05, 3.63) is 34.3 Å². The molecule has 1 fully saturated rings. The first-order chi connectivity index (χ1) is 10.1. The van der Waals surface area contributed by atoms with Gasteiger partial charge in [-0.15, -0.1) is 0 Å². The van der Waals surface area contributed by atoms with E-state index in [1.165, 1.54) is 12.8 Å². The Morgan fingerprint density at radius 1 is 1.38 bits per heavy atom. The fourth-order valence-electron chi connectivity index (χ4n) is 2.33. The van der Waals surface area contributed by atoms with Gasteiger partial charge in [-0.2, -0.15) is 5.10 Å². The molecular formula is C16H22BrN3O. The van der Waals surface area contributed by atoms with Crippen molar-refractivity contribution in [2.75, 3.05) is 19.6 Å². The van der Waals surface area contributed by atoms with Crippen molar-refractivity contribution in [1.82, 2.24) is 10.3 Å². The van der Waals surface area contributed by atoms with E-state index in [1.54, 1.807) is 6.21 Å². The minimum atomic E-state index is -0.0259. The molecule has 0 aromatic heterocycles. The molecule has 1 saturated heterocycles. The maximum absolute atomic E-state index is 11.7. The van der Waals surface area contributed by atoms with Crippen LogP contribution in [0.15, 0.2) is 33.8 Å². The topological polar surface area (TPSA) is 44.7 Å². The first-order valence-electron chi connectivity index (χ1n) is 7.43. The Labute approximate surface area is 134 Å². The van der Waals surface area contributed by atoms with Crippen LogP contribution in [0.25, 0.3) is 0 Å². The highest BCUT2D eigenvalue weighted by Crippen LogP contribution is 2.15. The van der Waals surface area contributed by atoms with Gasteiger partial charge < -0.3 is 4.90 Å². The Bertz CT molecular complexity index is 479. The number of hydrazone groups is 1. The van der Waals surface area contributed by atoms with Crippen molar-refractivity contribution in [2.24, 2.45) is 11.0 Å². The van der Waals surface area contributed by atoms with E-state index >= 15 is 0 Å². The molecule has 2 rings (SSSR count). The number of carbonyl (C=O) groups is 1. The molecule has 0 aliphatic carbocycles. The zero-order chi connectivity index (χ0) is 15.1. The molecule has 1 aliphatic rings. The van der Waals surface area contributed by atoms with Crippen LogP contribution >= 0.6 is 15.9 Å². The second-order valence-electron chi connectivity index (χ2n) is 5.62. The second kappa shape index (κ2) is 8.29. The van der Waals surface area contributed by atoms with Crippen LogP contribution in [0.5, 0.6) is 0 Å². The molecule has 4 nitrogen and oxygen atoms in total. The summed E-state index contributed by atoms with van der Waals surface area (Å²) in [6.45, 7) is 5.33. The summed E-state index contributed by atoms with van der Waals surface area (Å²) in [4.78, 5) is 14.1. The summed E-state index contributed by atoms with van der Waals surface area (Å²) in [6, 6.07) is 7.77. The van der Waals surface area contributed by atoms with E-state index in [1.807, 2.05) is 24.3 Å². The third-order valence-electron chi connectivity index (χ3n) is 3.80. The summed E-state index contributed by atoms with van der Waals surface area (Å²) in [6.07, 6.45) is 4.64. The summed E-state index contributed by atoms with van der Waals surface area (Å²) >= 11 is 3.38. The van der Waals surface area contributed by atoms with Crippen molar-refractivity contribution in [3.63, 3.8) is 0 Å². The van der Waals surface area contributed by atoms with Crippen LogP contribution in [0.2, 0.25) is 0 Å². The van der Waals surface area contributed by atoms with Crippen LogP contribution < -0.4 is 5.43 Å². The quantitative estimate of drug-likeness (QED) is 0.654. The van der Waals surface area contributed by atoms with E-state index in [0.717, 1.165) is 35.6 Å². The second-order valence-corrected chi connectivity index (χ2v) is 6.53. The molecule has 0 atom stereocenters. The lowest BCUT2D eigenvalue weighted by Gasteiger charge is -2.29. The van der Waals surface area contributed by atoms with Crippen molar-refractivity contribution in [1.29, 1.82) is 0 Å². The third kappa shape index (κ3) is 5.98. The predicted molar refractivity (Wildman–Crippen MR) is 89.3 cm³/mol. The lowest BCUT2D eigenvalue weighted by molar-refractivity contribution is -0.121. The van der Waals surface area contributed by atoms with Crippen LogP contribution in [0, 0.1) is 5.92 Å². The highest BCUT2D eigenvalue weighted by molar-refractivity contribution is 9.10. The SMILES string of the molecule is CC1CCN(CCC(=O)N/N=C\c2ccc(Br)cc2)CC1. The van der Waals surface area contributed by atoms with Gasteiger partial charge in [0.05, 0.1) is 6.21 Å². The average Bonchev–Trinajstić information content (AvgIpc) is 2.49. The summed E-state index contributed by atoms with van der Waals surface area (Å²) < 4.78 is 1.03. The molecule has 5 heteroatoms. The smallest absolute Gasteiger partial charge is 0.241 e. The minimum absolute atomic E-state index is 0.0259. The normalized spacial score (nSPS) is 17.2. The standard InChI is InChI=1S/C16H22BrN3O/c1-13-6-9-20(10-7-13)11-8-16(21)19-18-12-14-2-4-15(17)5-3-14/h2-5,12-13H,6-11H2,1H3,(H,19,21)/b18-12-. The van der Waals surface area contributed by atoms with Gasteiger partial charge in [0, 0.05) is 17.4 Å². The maximum Gasteiger partial charge on any atom is 0.241 e. The largest absolute Gasteiger partial charge is 0.303 e. The number of benzene rings is 1. The predicted octanol–water partition coefficient (Wildman–Crippen LogP) is 3.02. The number of piperidine rings is 1. The molecule has 1 aromatic rings. The van der Waals surface area contributed by atoms with E-state index < -0.39 is 0 Å². The fraction of sp³-hybridized carbons (Fsp3) is 0.500. The van der Waals surface area contributed by atoms with Gasteiger partial charge in [0.15, 0.2) is 0 Å². The molecule has 1 aromatic carbocycles. The molecule has 0 radical (unpaired) electrons. The number of amides is 1. The number of nitrogens with one attached hydrogen (secondary N) is 1. The van der Waals surface area contributed by atoms with Gasteiger partial charge in [-0.25, -0.2) is 5.43 Å². The Morgan fingerprint density at radius 3 is 2.71 bits per heavy atom. The van der Waals surface area contributed by atoms with Gasteiger partial charge in [-0.3, -0.25) is 4.79 Å². The maximum atomic E-state index is 11.7. The van der Waals surface area contributed by atoms with E-state index in [4.69, 9.17) is 0 Å². The highest BCUT2D eigenvalue weighted by Gasteiger charge is 2.15. The molecule has 1 heterocycles. The Balaban J connectivity index is 1.66. The number of rotatable bonds is 5. The van der Waals surface area contributed by atoms with E-state index in [-0.39, 0.29) is 5.91 Å². The summed E-state index contributed by atoms with van der Waals surface area (Å²) in [5, 5.41) is 3.99. The molecule has 114 valence electrons. The van der Waals surface area contributed by atoms with Gasteiger partial charge >= 0.3 is 0 Å². The van der Waals surface area contributed by atoms with Crippen molar-refractivity contribution in [2.45, 2.75) is 26.2 Å². The van der Waals surface area contributed by atoms with Gasteiger partial charge in [0.25, 0.3) is 0 Å². The molecule has 0 unspecified atom stereocenters. The molecule has 1 N–H and O–H groups in total. The van der Waals surface area contributed by atoms with Crippen LogP contribution in [0.1, 0.15) is 31.7 Å². The number of hydrogen-bond donors (Lipinski definition) is 1. The van der Waals surface area contributed by atoms with E-state index in [0.29, 0.717) is 6.42 Å². The molecule has 1 amide bonds. The summed E-state index contributed by atoms with van der Waals surface area (Å²) in [5.41, 5.74) is 3.55. The lowest BCUT2D eigenvalue weighted by atomic mass is 9.99. The monoisotopic (exact) mass is 351 g/mol. The van der Waals surface area contributed by atoms with Crippen LogP contribution in [0.3, 0.4) is 0 Å². The van der Waals surface area contributed by atoms with Crippen LogP contribution in [-0.4, -0.2) is 36.7 Å². The van der Waals surface area contributed by atoms with Gasteiger partial charge in [-0.1, -0.05) is 35.0 Å². The molecule has 1 aliphatic heterocycles. The Hall–Kier alpha value is -1.20. The fourth-order valence-corrected chi connectivity index (χ4v) is 2.59. The van der Waals surface area contributed by atoms with Crippen molar-refractivity contribution in [3.8, 4) is 0 Å².